The average Bonchev–Trinajstić information content (AvgIpc) is 3.07. The monoisotopic (exact) mass is 330 g/mol. The van der Waals surface area contributed by atoms with Crippen molar-refractivity contribution in [1.82, 2.24) is 0 Å². The first kappa shape index (κ1) is 19.3. The molecule has 0 fully saturated rings. The van der Waals surface area contributed by atoms with Gasteiger partial charge in [0.1, 0.15) is 0 Å². The lowest BCUT2D eigenvalue weighted by molar-refractivity contribution is 0.0600. The van der Waals surface area contributed by atoms with Crippen molar-refractivity contribution in [3.63, 3.8) is 0 Å². The van der Waals surface area contributed by atoms with Crippen LogP contribution in [0.3, 0.4) is 0 Å². The molecule has 0 amide bonds. The number of carbonyl (C=O) groups is 1. The van der Waals surface area contributed by atoms with Crippen LogP contribution in [0.2, 0.25) is 0 Å². The van der Waals surface area contributed by atoms with E-state index in [1.54, 1.807) is 0 Å². The zero-order valence-electron chi connectivity index (χ0n) is 14.4. The smallest absolute Gasteiger partial charge is 0.337 e. The van der Waals surface area contributed by atoms with Gasteiger partial charge in [0.05, 0.1) is 12.7 Å². The van der Waals surface area contributed by atoms with Crippen molar-refractivity contribution >= 4 is 18.6 Å². The van der Waals surface area contributed by atoms with Gasteiger partial charge in [0.2, 0.25) is 0 Å². The Bertz CT molecular complexity index is 614. The number of fused-ring (bicyclic) bond motifs is 1. The predicted molar refractivity (Wildman–Crippen MR) is 99.6 cm³/mol. The van der Waals surface area contributed by atoms with E-state index in [2.05, 4.69) is 17.4 Å². The number of esters is 1. The maximum atomic E-state index is 11.2. The molecule has 2 aromatic carbocycles. The van der Waals surface area contributed by atoms with E-state index in [9.17, 15) is 4.79 Å². The molecule has 124 valence electrons. The molecule has 0 spiro atoms. The van der Waals surface area contributed by atoms with Gasteiger partial charge in [0.15, 0.2) is 0 Å². The Morgan fingerprint density at radius 3 is 2.26 bits per heavy atom. The zero-order valence-corrected chi connectivity index (χ0v) is 15.3. The second-order valence-electron chi connectivity index (χ2n) is 5.12. The quantitative estimate of drug-likeness (QED) is 0.569. The molecule has 2 nitrogen and oxygen atoms in total. The van der Waals surface area contributed by atoms with Crippen molar-refractivity contribution in [1.29, 1.82) is 0 Å². The van der Waals surface area contributed by atoms with Gasteiger partial charge in [0.25, 0.3) is 0 Å². The highest BCUT2D eigenvalue weighted by Crippen LogP contribution is 2.22. The van der Waals surface area contributed by atoms with Gasteiger partial charge in [-0.05, 0) is 61.1 Å². The molecular formula is C20H26O2S. The standard InChI is InChI=1S/C11H12O2.C7H8S.C2H6/c1-13-11(12)10-6-5-8-3-2-4-9(8)7-10;1-6-4-2-3-5-7(6)8;1-2/h5-7H,2-4H2,1H3;2-5,8H,1H3;1-2H3. The summed E-state index contributed by atoms with van der Waals surface area (Å²) in [7, 11) is 1.41. The fraction of sp³-hybridized carbons (Fsp3) is 0.350. The van der Waals surface area contributed by atoms with Gasteiger partial charge in [-0.1, -0.05) is 38.1 Å². The van der Waals surface area contributed by atoms with Crippen LogP contribution in [0.5, 0.6) is 0 Å². The van der Waals surface area contributed by atoms with Crippen molar-refractivity contribution in [3.05, 3.63) is 64.7 Å². The third-order valence-electron chi connectivity index (χ3n) is 3.64. The number of ether oxygens (including phenoxy) is 1. The van der Waals surface area contributed by atoms with E-state index >= 15 is 0 Å². The van der Waals surface area contributed by atoms with Crippen LogP contribution in [0.1, 0.15) is 47.3 Å². The van der Waals surface area contributed by atoms with E-state index in [0.29, 0.717) is 5.56 Å². The van der Waals surface area contributed by atoms with Crippen LogP contribution >= 0.6 is 12.6 Å². The number of methoxy groups -OCH3 is 1. The van der Waals surface area contributed by atoms with Gasteiger partial charge < -0.3 is 4.74 Å². The Kier molecular flexibility index (Phi) is 8.49. The fourth-order valence-electron chi connectivity index (χ4n) is 2.38. The molecule has 0 saturated heterocycles. The van der Waals surface area contributed by atoms with Crippen LogP contribution in [0.4, 0.5) is 0 Å². The summed E-state index contributed by atoms with van der Waals surface area (Å²) < 4.78 is 4.66. The van der Waals surface area contributed by atoms with Crippen LogP contribution in [0.15, 0.2) is 47.4 Å². The first-order valence-corrected chi connectivity index (χ1v) is 8.51. The Balaban J connectivity index is 0.000000228. The maximum absolute atomic E-state index is 11.2. The number of benzene rings is 2. The number of thiol groups is 1. The summed E-state index contributed by atoms with van der Waals surface area (Å²) in [5.74, 6) is -0.241. The molecule has 0 bridgehead atoms. The first-order chi connectivity index (χ1) is 11.1. The van der Waals surface area contributed by atoms with Crippen molar-refractivity contribution in [3.8, 4) is 0 Å². The van der Waals surface area contributed by atoms with Crippen LogP contribution < -0.4 is 0 Å². The number of hydrogen-bond donors (Lipinski definition) is 1. The van der Waals surface area contributed by atoms with Gasteiger partial charge in [-0.15, -0.1) is 12.6 Å². The normalized spacial score (nSPS) is 11.3. The molecule has 0 heterocycles. The molecule has 23 heavy (non-hydrogen) atoms. The van der Waals surface area contributed by atoms with Gasteiger partial charge in [0, 0.05) is 4.90 Å². The zero-order chi connectivity index (χ0) is 17.2. The summed E-state index contributed by atoms with van der Waals surface area (Å²) in [5, 5.41) is 0. The van der Waals surface area contributed by atoms with Gasteiger partial charge in [-0.25, -0.2) is 4.79 Å². The number of aryl methyl sites for hydroxylation is 3. The molecule has 2 aromatic rings. The van der Waals surface area contributed by atoms with Gasteiger partial charge in [-0.3, -0.25) is 0 Å². The maximum Gasteiger partial charge on any atom is 0.337 e. The van der Waals surface area contributed by atoms with Crippen molar-refractivity contribution in [2.75, 3.05) is 7.11 Å². The fourth-order valence-corrected chi connectivity index (χ4v) is 2.54. The summed E-state index contributed by atoms with van der Waals surface area (Å²) in [6, 6.07) is 13.9. The van der Waals surface area contributed by atoms with Crippen molar-refractivity contribution in [2.45, 2.75) is 44.9 Å². The lowest BCUT2D eigenvalue weighted by Gasteiger charge is -2.02. The second kappa shape index (κ2) is 10.1. The number of rotatable bonds is 1. The van der Waals surface area contributed by atoms with E-state index < -0.39 is 0 Å². The van der Waals surface area contributed by atoms with Crippen LogP contribution in [-0.2, 0) is 17.6 Å². The summed E-state index contributed by atoms with van der Waals surface area (Å²) >= 11 is 4.20. The van der Waals surface area contributed by atoms with E-state index in [1.165, 1.54) is 30.2 Å². The SMILES string of the molecule is CC.COC(=O)c1ccc2c(c1)CCC2.Cc1ccccc1S. The van der Waals surface area contributed by atoms with Gasteiger partial charge >= 0.3 is 5.97 Å². The number of hydrogen-bond acceptors (Lipinski definition) is 3. The highest BCUT2D eigenvalue weighted by Gasteiger charge is 2.13. The highest BCUT2D eigenvalue weighted by molar-refractivity contribution is 7.80. The molecule has 0 atom stereocenters. The lowest BCUT2D eigenvalue weighted by atomic mass is 10.1. The molecule has 0 radical (unpaired) electrons. The van der Waals surface area contributed by atoms with Crippen LogP contribution in [-0.4, -0.2) is 13.1 Å². The third-order valence-corrected chi connectivity index (χ3v) is 4.14. The molecule has 3 rings (SSSR count). The number of carbonyl (C=O) groups excluding carboxylic acids is 1. The minimum absolute atomic E-state index is 0.241. The van der Waals surface area contributed by atoms with Crippen LogP contribution in [0, 0.1) is 6.92 Å². The topological polar surface area (TPSA) is 26.3 Å². The van der Waals surface area contributed by atoms with E-state index in [1.807, 2.05) is 63.2 Å². The Morgan fingerprint density at radius 1 is 1.04 bits per heavy atom. The molecule has 0 unspecified atom stereocenters. The molecule has 0 aromatic heterocycles. The molecule has 0 saturated carbocycles. The molecular weight excluding hydrogens is 304 g/mol. The Labute approximate surface area is 145 Å². The summed E-state index contributed by atoms with van der Waals surface area (Å²) in [6.45, 7) is 6.04. The second-order valence-corrected chi connectivity index (χ2v) is 5.60. The molecule has 1 aliphatic rings. The summed E-state index contributed by atoms with van der Waals surface area (Å²) in [4.78, 5) is 12.3. The molecule has 3 heteroatoms. The Morgan fingerprint density at radius 2 is 1.70 bits per heavy atom. The molecule has 0 aliphatic heterocycles. The van der Waals surface area contributed by atoms with E-state index in [-0.39, 0.29) is 5.97 Å². The Hall–Kier alpha value is -1.74. The first-order valence-electron chi connectivity index (χ1n) is 8.06. The summed E-state index contributed by atoms with van der Waals surface area (Å²) in [5.41, 5.74) is 4.59. The van der Waals surface area contributed by atoms with Crippen LogP contribution in [0.25, 0.3) is 0 Å². The van der Waals surface area contributed by atoms with E-state index in [0.717, 1.165) is 17.7 Å². The predicted octanol–water partition coefficient (Wildman–Crippen LogP) is 5.27. The average molecular weight is 330 g/mol. The largest absolute Gasteiger partial charge is 0.465 e. The molecule has 1 aliphatic carbocycles. The summed E-state index contributed by atoms with van der Waals surface area (Å²) in [6.07, 6.45) is 3.46. The third kappa shape index (κ3) is 5.76. The van der Waals surface area contributed by atoms with Crippen molar-refractivity contribution < 1.29 is 9.53 Å². The minimum Gasteiger partial charge on any atom is -0.465 e. The highest BCUT2D eigenvalue weighted by atomic mass is 32.1. The van der Waals surface area contributed by atoms with Gasteiger partial charge in [-0.2, -0.15) is 0 Å². The van der Waals surface area contributed by atoms with Crippen molar-refractivity contribution in [2.24, 2.45) is 0 Å². The minimum atomic E-state index is -0.241. The molecule has 0 N–H and O–H groups in total. The lowest BCUT2D eigenvalue weighted by Crippen LogP contribution is -2.01. The van der Waals surface area contributed by atoms with E-state index in [4.69, 9.17) is 0 Å².